The summed E-state index contributed by atoms with van der Waals surface area (Å²) in [5, 5.41) is 3.11. The number of pyridine rings is 2. The third-order valence-corrected chi connectivity index (χ3v) is 9.29. The van der Waals surface area contributed by atoms with Crippen LogP contribution in [-0.4, -0.2) is 55.0 Å². The first-order valence-electron chi connectivity index (χ1n) is 14.5. The Labute approximate surface area is 249 Å². The SMILES string of the molecule is CCOC(=O)/C=C/CC1C[C@H](C)[C@@H]2CN(c3nc(C(C)(C)C)ccc3C(=O)NS(=O)(=O)c3cccc(n3)N1)C(C)(C)C2. The third kappa shape index (κ3) is 7.11. The number of fused-ring (bicyclic) bond motifs is 6. The second kappa shape index (κ2) is 12.0. The highest BCUT2D eigenvalue weighted by Crippen LogP contribution is 2.42. The molecule has 2 aromatic rings. The second-order valence-corrected chi connectivity index (χ2v) is 14.6. The Bertz CT molecular complexity index is 1460. The van der Waals surface area contributed by atoms with Crippen molar-refractivity contribution in [2.75, 3.05) is 23.4 Å². The summed E-state index contributed by atoms with van der Waals surface area (Å²) < 4.78 is 34.0. The molecule has 0 aliphatic carbocycles. The number of nitrogens with one attached hydrogen (secondary N) is 2. The van der Waals surface area contributed by atoms with Crippen molar-refractivity contribution in [3.8, 4) is 0 Å². The second-order valence-electron chi connectivity index (χ2n) is 12.9. The van der Waals surface area contributed by atoms with Gasteiger partial charge >= 0.3 is 5.97 Å². The van der Waals surface area contributed by atoms with Gasteiger partial charge in [0, 0.05) is 35.3 Å². The first-order chi connectivity index (χ1) is 19.6. The summed E-state index contributed by atoms with van der Waals surface area (Å²) >= 11 is 0. The number of amides is 1. The quantitative estimate of drug-likeness (QED) is 0.376. The molecule has 0 radical (unpaired) electrons. The van der Waals surface area contributed by atoms with Crippen LogP contribution in [0, 0.1) is 11.8 Å². The third-order valence-electron chi connectivity index (χ3n) is 8.05. The van der Waals surface area contributed by atoms with Crippen molar-refractivity contribution in [1.82, 2.24) is 14.7 Å². The minimum Gasteiger partial charge on any atom is -0.463 e. The highest BCUT2D eigenvalue weighted by atomic mass is 32.2. The van der Waals surface area contributed by atoms with E-state index in [1.54, 1.807) is 37.3 Å². The molecule has 3 atom stereocenters. The van der Waals surface area contributed by atoms with E-state index < -0.39 is 21.9 Å². The zero-order valence-corrected chi connectivity index (χ0v) is 26.4. The van der Waals surface area contributed by atoms with Gasteiger partial charge in [0.2, 0.25) is 0 Å². The maximum Gasteiger partial charge on any atom is 0.330 e. The number of sulfonamides is 1. The van der Waals surface area contributed by atoms with Crippen LogP contribution in [0.3, 0.4) is 0 Å². The average molecular weight is 598 g/mol. The minimum absolute atomic E-state index is 0.133. The van der Waals surface area contributed by atoms with E-state index in [2.05, 4.69) is 61.5 Å². The number of rotatable bonds is 4. The molecule has 1 amide bonds. The molecule has 0 spiro atoms. The Kier molecular flexibility index (Phi) is 9.01. The van der Waals surface area contributed by atoms with Gasteiger partial charge in [-0.15, -0.1) is 0 Å². The molecule has 4 heterocycles. The molecule has 10 nitrogen and oxygen atoms in total. The Morgan fingerprint density at radius 2 is 1.93 bits per heavy atom. The van der Waals surface area contributed by atoms with E-state index in [0.717, 1.165) is 18.5 Å². The van der Waals surface area contributed by atoms with Crippen LogP contribution in [0.15, 0.2) is 47.5 Å². The van der Waals surface area contributed by atoms with Crippen molar-refractivity contribution < 1.29 is 22.7 Å². The minimum atomic E-state index is -4.29. The summed E-state index contributed by atoms with van der Waals surface area (Å²) in [6.07, 6.45) is 5.33. The molecule has 2 aliphatic heterocycles. The lowest BCUT2D eigenvalue weighted by Crippen LogP contribution is -2.41. The highest BCUT2D eigenvalue weighted by Gasteiger charge is 2.43. The number of esters is 1. The largest absolute Gasteiger partial charge is 0.463 e. The molecule has 2 N–H and O–H groups in total. The molecule has 1 saturated heterocycles. The maximum absolute atomic E-state index is 13.6. The molecule has 2 aromatic heterocycles. The molecular weight excluding hydrogens is 554 g/mol. The van der Waals surface area contributed by atoms with Crippen molar-refractivity contribution in [2.24, 2.45) is 11.8 Å². The molecule has 11 heteroatoms. The number of carbonyl (C=O) groups excluding carboxylic acids is 2. The molecular formula is C31H43N5O5S. The molecule has 1 fully saturated rings. The zero-order chi connectivity index (χ0) is 30.9. The number of hydrogen-bond donors (Lipinski definition) is 2. The molecule has 0 aromatic carbocycles. The number of anilines is 2. The van der Waals surface area contributed by atoms with Gasteiger partial charge in [0.05, 0.1) is 12.2 Å². The van der Waals surface area contributed by atoms with Gasteiger partial charge < -0.3 is 15.0 Å². The van der Waals surface area contributed by atoms with Gasteiger partial charge in [-0.2, -0.15) is 8.42 Å². The summed E-state index contributed by atoms with van der Waals surface area (Å²) in [6, 6.07) is 7.97. The van der Waals surface area contributed by atoms with Gasteiger partial charge in [0.25, 0.3) is 15.9 Å². The van der Waals surface area contributed by atoms with E-state index in [1.807, 2.05) is 0 Å². The molecule has 42 heavy (non-hydrogen) atoms. The Morgan fingerprint density at radius 3 is 2.62 bits per heavy atom. The van der Waals surface area contributed by atoms with Gasteiger partial charge in [-0.3, -0.25) is 4.79 Å². The molecule has 0 saturated carbocycles. The molecule has 4 rings (SSSR count). The monoisotopic (exact) mass is 597 g/mol. The Morgan fingerprint density at radius 1 is 1.19 bits per heavy atom. The Balaban J connectivity index is 1.80. The fraction of sp³-hybridized carbons (Fsp3) is 0.548. The van der Waals surface area contributed by atoms with Crippen LogP contribution in [0.5, 0.6) is 0 Å². The Hall–Kier alpha value is -3.47. The fourth-order valence-electron chi connectivity index (χ4n) is 5.76. The summed E-state index contributed by atoms with van der Waals surface area (Å²) in [6.45, 7) is 15.4. The zero-order valence-electron chi connectivity index (χ0n) is 25.6. The average Bonchev–Trinajstić information content (AvgIpc) is 3.22. The van der Waals surface area contributed by atoms with Crippen molar-refractivity contribution in [3.05, 3.63) is 53.7 Å². The van der Waals surface area contributed by atoms with Crippen LogP contribution < -0.4 is 14.9 Å². The van der Waals surface area contributed by atoms with Crippen LogP contribution >= 0.6 is 0 Å². The van der Waals surface area contributed by atoms with Crippen LogP contribution in [-0.2, 0) is 25.0 Å². The lowest BCUT2D eigenvalue weighted by molar-refractivity contribution is -0.137. The number of carbonyl (C=O) groups is 2. The van der Waals surface area contributed by atoms with Crippen molar-refractivity contribution in [3.63, 3.8) is 0 Å². The summed E-state index contributed by atoms with van der Waals surface area (Å²) in [5.41, 5.74) is 0.422. The van der Waals surface area contributed by atoms with Crippen LogP contribution in [0.4, 0.5) is 11.6 Å². The molecule has 1 unspecified atom stereocenters. The lowest BCUT2D eigenvalue weighted by Gasteiger charge is -2.34. The maximum atomic E-state index is 13.6. The van der Waals surface area contributed by atoms with Gasteiger partial charge in [-0.1, -0.05) is 39.8 Å². The summed E-state index contributed by atoms with van der Waals surface area (Å²) in [4.78, 5) is 37.0. The van der Waals surface area contributed by atoms with Crippen molar-refractivity contribution >= 4 is 33.5 Å². The number of aromatic nitrogens is 2. The van der Waals surface area contributed by atoms with Crippen molar-refractivity contribution in [2.45, 2.75) is 89.8 Å². The van der Waals surface area contributed by atoms with Gasteiger partial charge in [-0.25, -0.2) is 19.5 Å². The topological polar surface area (TPSA) is 131 Å². The standard InChI is InChI=1S/C31H43N5O5S/c1-8-41-27(37)14-9-11-22-17-20(2)21-18-31(6,7)36(19-21)28-23(15-16-24(33-28)30(3,4)5)29(38)35-42(39,40)26-13-10-12-25(32-22)34-26/h9-10,12-16,20-22H,8,11,17-19H2,1-7H3,(H,32,34)(H,35,38)/b14-9+/t20-,21-,22?/m0/s1. The van der Waals surface area contributed by atoms with E-state index in [1.165, 1.54) is 12.1 Å². The van der Waals surface area contributed by atoms with Crippen LogP contribution in [0.2, 0.25) is 0 Å². The van der Waals surface area contributed by atoms with Crippen molar-refractivity contribution in [1.29, 1.82) is 0 Å². The van der Waals surface area contributed by atoms with E-state index in [9.17, 15) is 18.0 Å². The van der Waals surface area contributed by atoms with Crippen LogP contribution in [0.25, 0.3) is 0 Å². The lowest BCUT2D eigenvalue weighted by atomic mass is 9.83. The van der Waals surface area contributed by atoms with E-state index in [-0.39, 0.29) is 39.4 Å². The van der Waals surface area contributed by atoms with Gasteiger partial charge in [0.15, 0.2) is 5.03 Å². The van der Waals surface area contributed by atoms with E-state index in [0.29, 0.717) is 31.2 Å². The van der Waals surface area contributed by atoms with Crippen LogP contribution in [0.1, 0.15) is 83.8 Å². The van der Waals surface area contributed by atoms with Gasteiger partial charge in [0.1, 0.15) is 11.6 Å². The van der Waals surface area contributed by atoms with Gasteiger partial charge in [-0.05, 0) is 76.1 Å². The number of hydrogen-bond acceptors (Lipinski definition) is 9. The normalized spacial score (nSPS) is 23.7. The predicted octanol–water partition coefficient (Wildman–Crippen LogP) is 4.83. The fourth-order valence-corrected chi connectivity index (χ4v) is 6.69. The highest BCUT2D eigenvalue weighted by molar-refractivity contribution is 7.90. The molecule has 4 bridgehead atoms. The predicted molar refractivity (Wildman–Crippen MR) is 163 cm³/mol. The first-order valence-corrected chi connectivity index (χ1v) is 16.0. The smallest absolute Gasteiger partial charge is 0.330 e. The van der Waals surface area contributed by atoms with E-state index >= 15 is 0 Å². The number of nitrogens with zero attached hydrogens (tertiary/aromatic N) is 3. The summed E-state index contributed by atoms with van der Waals surface area (Å²) in [5.74, 6) is 0.233. The molecule has 228 valence electrons. The first kappa shape index (κ1) is 31.5. The number of ether oxygens (including phenoxy) is 1. The molecule has 2 aliphatic rings. The van der Waals surface area contributed by atoms with E-state index in [4.69, 9.17) is 9.72 Å². The summed E-state index contributed by atoms with van der Waals surface area (Å²) in [7, 11) is -4.29.